The fraction of sp³-hybridized carbons (Fsp3) is 0.625. The molecule has 0 aliphatic carbocycles. The maximum atomic E-state index is 7.24. The van der Waals surface area contributed by atoms with Gasteiger partial charge in [0.2, 0.25) is 0 Å². The minimum atomic E-state index is 0.530. The van der Waals surface area contributed by atoms with Gasteiger partial charge in [-0.1, -0.05) is 6.08 Å². The van der Waals surface area contributed by atoms with Crippen LogP contribution in [-0.4, -0.2) is 25.1 Å². The molecule has 0 heterocycles. The standard InChI is InChI=1S/C8H16N2S/c1-10-6-4-2-3-5-8(9)7-11/h3,5,9-11H,2,4,6-7H2,1H3/b5-3-,9-8?. The van der Waals surface area contributed by atoms with E-state index in [9.17, 15) is 0 Å². The molecule has 0 saturated carbocycles. The first-order valence-electron chi connectivity index (χ1n) is 3.80. The van der Waals surface area contributed by atoms with Gasteiger partial charge >= 0.3 is 0 Å². The Bertz CT molecular complexity index is 132. The molecular weight excluding hydrogens is 156 g/mol. The maximum absolute atomic E-state index is 7.24. The number of hydrogen-bond acceptors (Lipinski definition) is 3. The molecule has 0 unspecified atom stereocenters. The van der Waals surface area contributed by atoms with Crippen LogP contribution < -0.4 is 5.32 Å². The van der Waals surface area contributed by atoms with Gasteiger partial charge in [0, 0.05) is 11.5 Å². The SMILES string of the molecule is CNCCC/C=C\C(=N)CS. The molecule has 0 aromatic rings. The highest BCUT2D eigenvalue weighted by Crippen LogP contribution is 1.90. The van der Waals surface area contributed by atoms with Crippen LogP contribution >= 0.6 is 12.6 Å². The molecule has 0 aromatic carbocycles. The van der Waals surface area contributed by atoms with Crippen LogP contribution in [0.5, 0.6) is 0 Å². The van der Waals surface area contributed by atoms with Gasteiger partial charge in [-0.25, -0.2) is 0 Å². The first-order valence-corrected chi connectivity index (χ1v) is 4.44. The Balaban J connectivity index is 3.22. The number of unbranched alkanes of at least 4 members (excludes halogenated alkanes) is 1. The summed E-state index contributed by atoms with van der Waals surface area (Å²) in [6.07, 6.45) is 6.02. The van der Waals surface area contributed by atoms with Crippen LogP contribution in [0.3, 0.4) is 0 Å². The Morgan fingerprint density at radius 2 is 2.36 bits per heavy atom. The van der Waals surface area contributed by atoms with Gasteiger partial charge in [0.25, 0.3) is 0 Å². The zero-order valence-electron chi connectivity index (χ0n) is 6.93. The molecule has 0 bridgehead atoms. The number of allylic oxidation sites excluding steroid dienone is 2. The van der Waals surface area contributed by atoms with Crippen LogP contribution in [0.2, 0.25) is 0 Å². The number of thiol groups is 1. The lowest BCUT2D eigenvalue weighted by Gasteiger charge is -1.93. The van der Waals surface area contributed by atoms with Crippen LogP contribution in [-0.2, 0) is 0 Å². The largest absolute Gasteiger partial charge is 0.320 e. The van der Waals surface area contributed by atoms with E-state index >= 15 is 0 Å². The van der Waals surface area contributed by atoms with Gasteiger partial charge in [0.15, 0.2) is 0 Å². The lowest BCUT2D eigenvalue weighted by atomic mass is 10.2. The molecule has 0 fully saturated rings. The second-order valence-corrected chi connectivity index (χ2v) is 2.65. The molecule has 0 aliphatic heterocycles. The molecule has 2 N–H and O–H groups in total. The fourth-order valence-corrected chi connectivity index (χ4v) is 0.780. The average molecular weight is 172 g/mol. The van der Waals surface area contributed by atoms with E-state index < -0.39 is 0 Å². The Kier molecular flexibility index (Phi) is 7.62. The molecule has 2 nitrogen and oxygen atoms in total. The van der Waals surface area contributed by atoms with Crippen molar-refractivity contribution in [3.63, 3.8) is 0 Å². The van der Waals surface area contributed by atoms with Crippen molar-refractivity contribution < 1.29 is 0 Å². The summed E-state index contributed by atoms with van der Waals surface area (Å²) in [6, 6.07) is 0. The third-order valence-corrected chi connectivity index (χ3v) is 1.63. The summed E-state index contributed by atoms with van der Waals surface area (Å²) in [5.41, 5.74) is 0.581. The molecular formula is C8H16N2S. The van der Waals surface area contributed by atoms with Crippen molar-refractivity contribution >= 4 is 18.3 Å². The van der Waals surface area contributed by atoms with E-state index in [0.717, 1.165) is 19.4 Å². The second kappa shape index (κ2) is 7.82. The molecule has 0 radical (unpaired) electrons. The Morgan fingerprint density at radius 3 is 2.91 bits per heavy atom. The van der Waals surface area contributed by atoms with Crippen molar-refractivity contribution in [2.24, 2.45) is 0 Å². The van der Waals surface area contributed by atoms with E-state index in [1.807, 2.05) is 19.2 Å². The van der Waals surface area contributed by atoms with E-state index in [0.29, 0.717) is 11.5 Å². The summed E-state index contributed by atoms with van der Waals surface area (Å²) in [5, 5.41) is 10.3. The normalized spacial score (nSPS) is 10.7. The van der Waals surface area contributed by atoms with Crippen molar-refractivity contribution in [2.75, 3.05) is 19.3 Å². The van der Waals surface area contributed by atoms with Gasteiger partial charge in [0.1, 0.15) is 0 Å². The van der Waals surface area contributed by atoms with Crippen molar-refractivity contribution in [1.82, 2.24) is 5.32 Å². The van der Waals surface area contributed by atoms with Crippen molar-refractivity contribution in [1.29, 1.82) is 5.41 Å². The molecule has 11 heavy (non-hydrogen) atoms. The van der Waals surface area contributed by atoms with Crippen LogP contribution in [0.4, 0.5) is 0 Å². The molecule has 0 rings (SSSR count). The Labute approximate surface area is 74.0 Å². The zero-order chi connectivity index (χ0) is 8.53. The molecule has 0 amide bonds. The quantitative estimate of drug-likeness (QED) is 0.317. The molecule has 0 saturated heterocycles. The molecule has 0 atom stereocenters. The van der Waals surface area contributed by atoms with Crippen LogP contribution in [0.1, 0.15) is 12.8 Å². The van der Waals surface area contributed by atoms with Gasteiger partial charge in [-0.2, -0.15) is 12.6 Å². The predicted octanol–water partition coefficient (Wildman–Crippen LogP) is 1.49. The predicted molar refractivity (Wildman–Crippen MR) is 53.9 cm³/mol. The summed E-state index contributed by atoms with van der Waals surface area (Å²) in [4.78, 5) is 0. The van der Waals surface area contributed by atoms with Crippen molar-refractivity contribution in [2.45, 2.75) is 12.8 Å². The Hall–Kier alpha value is -0.280. The average Bonchev–Trinajstić information content (AvgIpc) is 2.04. The van der Waals surface area contributed by atoms with E-state index in [4.69, 9.17) is 5.41 Å². The maximum Gasteiger partial charge on any atom is 0.0407 e. The van der Waals surface area contributed by atoms with Crippen LogP contribution in [0.25, 0.3) is 0 Å². The van der Waals surface area contributed by atoms with Crippen LogP contribution in [0, 0.1) is 5.41 Å². The molecule has 0 aromatic heterocycles. The highest BCUT2D eigenvalue weighted by atomic mass is 32.1. The van der Waals surface area contributed by atoms with Crippen molar-refractivity contribution in [3.05, 3.63) is 12.2 Å². The van der Waals surface area contributed by atoms with Gasteiger partial charge < -0.3 is 10.7 Å². The summed E-state index contributed by atoms with van der Waals surface area (Å²) < 4.78 is 0. The third-order valence-electron chi connectivity index (χ3n) is 1.29. The first kappa shape index (κ1) is 10.7. The lowest BCUT2D eigenvalue weighted by molar-refractivity contribution is 0.735. The third kappa shape index (κ3) is 7.62. The summed E-state index contributed by atoms with van der Waals surface area (Å²) in [6.45, 7) is 1.04. The smallest absolute Gasteiger partial charge is 0.0407 e. The zero-order valence-corrected chi connectivity index (χ0v) is 7.82. The Morgan fingerprint density at radius 1 is 1.64 bits per heavy atom. The van der Waals surface area contributed by atoms with E-state index in [1.54, 1.807) is 0 Å². The highest BCUT2D eigenvalue weighted by Gasteiger charge is 1.84. The number of nitrogens with one attached hydrogen (secondary N) is 2. The minimum Gasteiger partial charge on any atom is -0.320 e. The summed E-state index contributed by atoms with van der Waals surface area (Å²) >= 11 is 3.97. The second-order valence-electron chi connectivity index (χ2n) is 2.33. The van der Waals surface area contributed by atoms with Gasteiger partial charge in [0.05, 0.1) is 0 Å². The van der Waals surface area contributed by atoms with Gasteiger partial charge in [-0.15, -0.1) is 0 Å². The van der Waals surface area contributed by atoms with Gasteiger partial charge in [-0.3, -0.25) is 0 Å². The monoisotopic (exact) mass is 172 g/mol. The highest BCUT2D eigenvalue weighted by molar-refractivity contribution is 7.81. The van der Waals surface area contributed by atoms with E-state index in [2.05, 4.69) is 17.9 Å². The fourth-order valence-electron chi connectivity index (χ4n) is 0.675. The first-order chi connectivity index (χ1) is 5.31. The topological polar surface area (TPSA) is 35.9 Å². The van der Waals surface area contributed by atoms with E-state index in [-0.39, 0.29) is 0 Å². The molecule has 64 valence electrons. The molecule has 3 heteroatoms. The van der Waals surface area contributed by atoms with Crippen LogP contribution in [0.15, 0.2) is 12.2 Å². The molecule has 0 spiro atoms. The van der Waals surface area contributed by atoms with Crippen molar-refractivity contribution in [3.8, 4) is 0 Å². The number of rotatable bonds is 6. The summed E-state index contributed by atoms with van der Waals surface area (Å²) in [7, 11) is 1.94. The molecule has 0 aliphatic rings. The van der Waals surface area contributed by atoms with E-state index in [1.165, 1.54) is 0 Å². The van der Waals surface area contributed by atoms with Gasteiger partial charge in [-0.05, 0) is 32.5 Å². The minimum absolute atomic E-state index is 0.530. The number of hydrogen-bond donors (Lipinski definition) is 3. The lowest BCUT2D eigenvalue weighted by Crippen LogP contribution is -2.06. The summed E-state index contributed by atoms with van der Waals surface area (Å²) in [5.74, 6) is 0.530.